The number of carbonyl (C=O) groups excluding carboxylic acids is 2. The molecule has 2 amide bonds. The Kier molecular flexibility index (Phi) is 4.33. The maximum Gasteiger partial charge on any atom is 0.248 e. The molecule has 1 aromatic carbocycles. The number of hydrogen-bond acceptors (Lipinski definition) is 4. The van der Waals surface area contributed by atoms with Crippen molar-refractivity contribution in [3.05, 3.63) is 23.8 Å². The van der Waals surface area contributed by atoms with Gasteiger partial charge < -0.3 is 22.1 Å². The van der Waals surface area contributed by atoms with E-state index in [2.05, 4.69) is 10.6 Å². The van der Waals surface area contributed by atoms with Gasteiger partial charge in [-0.05, 0) is 18.2 Å². The number of carbonyl (C=O) groups is 2. The molecule has 17 heavy (non-hydrogen) atoms. The number of nitrogens with one attached hydrogen (secondary N) is 2. The molecule has 6 heteroatoms. The van der Waals surface area contributed by atoms with Crippen molar-refractivity contribution in [3.8, 4) is 0 Å². The second-order valence-electron chi connectivity index (χ2n) is 3.52. The van der Waals surface area contributed by atoms with E-state index in [1.54, 1.807) is 25.2 Å². The monoisotopic (exact) mass is 236 g/mol. The number of benzene rings is 1. The fourth-order valence-electron chi connectivity index (χ4n) is 1.30. The van der Waals surface area contributed by atoms with Gasteiger partial charge in [0.05, 0.1) is 11.4 Å². The van der Waals surface area contributed by atoms with E-state index in [1.165, 1.54) is 0 Å². The van der Waals surface area contributed by atoms with E-state index in [0.29, 0.717) is 29.9 Å². The molecule has 1 rings (SSSR count). The summed E-state index contributed by atoms with van der Waals surface area (Å²) in [6.45, 7) is 0.437. The average molecular weight is 236 g/mol. The Bertz CT molecular complexity index is 431. The van der Waals surface area contributed by atoms with Crippen LogP contribution < -0.4 is 22.1 Å². The number of amides is 2. The van der Waals surface area contributed by atoms with Crippen molar-refractivity contribution in [3.63, 3.8) is 0 Å². The Morgan fingerprint density at radius 3 is 2.65 bits per heavy atom. The first-order valence-electron chi connectivity index (χ1n) is 5.18. The second kappa shape index (κ2) is 5.74. The van der Waals surface area contributed by atoms with Crippen LogP contribution in [0.25, 0.3) is 0 Å². The zero-order chi connectivity index (χ0) is 12.8. The molecule has 0 radical (unpaired) electrons. The lowest BCUT2D eigenvalue weighted by Gasteiger charge is -2.09. The van der Waals surface area contributed by atoms with Gasteiger partial charge in [0.1, 0.15) is 0 Å². The van der Waals surface area contributed by atoms with E-state index in [9.17, 15) is 9.59 Å². The molecule has 0 bridgehead atoms. The molecule has 0 saturated carbocycles. The van der Waals surface area contributed by atoms with Crippen LogP contribution >= 0.6 is 0 Å². The third kappa shape index (κ3) is 3.67. The molecule has 6 N–H and O–H groups in total. The summed E-state index contributed by atoms with van der Waals surface area (Å²) in [4.78, 5) is 22.0. The van der Waals surface area contributed by atoms with Gasteiger partial charge in [0.2, 0.25) is 11.8 Å². The van der Waals surface area contributed by atoms with Crippen LogP contribution in [0.15, 0.2) is 18.2 Å². The topological polar surface area (TPSA) is 110 Å². The van der Waals surface area contributed by atoms with Gasteiger partial charge >= 0.3 is 0 Å². The van der Waals surface area contributed by atoms with Crippen LogP contribution in [0.5, 0.6) is 0 Å². The third-order valence-electron chi connectivity index (χ3n) is 2.28. The minimum absolute atomic E-state index is 0.0675. The van der Waals surface area contributed by atoms with E-state index < -0.39 is 5.91 Å². The van der Waals surface area contributed by atoms with E-state index in [4.69, 9.17) is 11.5 Å². The van der Waals surface area contributed by atoms with Crippen LogP contribution in [-0.2, 0) is 4.79 Å². The molecule has 0 aliphatic heterocycles. The van der Waals surface area contributed by atoms with Crippen molar-refractivity contribution < 1.29 is 9.59 Å². The Morgan fingerprint density at radius 1 is 1.35 bits per heavy atom. The summed E-state index contributed by atoms with van der Waals surface area (Å²) < 4.78 is 0. The van der Waals surface area contributed by atoms with E-state index in [0.717, 1.165) is 0 Å². The summed E-state index contributed by atoms with van der Waals surface area (Å²) in [5.41, 5.74) is 12.4. The van der Waals surface area contributed by atoms with Crippen LogP contribution in [-0.4, -0.2) is 25.4 Å². The summed E-state index contributed by atoms with van der Waals surface area (Å²) in [5, 5.41) is 5.49. The highest BCUT2D eigenvalue weighted by atomic mass is 16.1. The number of hydrogen-bond donors (Lipinski definition) is 4. The van der Waals surface area contributed by atoms with Gasteiger partial charge in [0, 0.05) is 25.6 Å². The van der Waals surface area contributed by atoms with Gasteiger partial charge in [-0.2, -0.15) is 0 Å². The first kappa shape index (κ1) is 12.8. The zero-order valence-electron chi connectivity index (χ0n) is 9.62. The molecule has 0 heterocycles. The van der Waals surface area contributed by atoms with Gasteiger partial charge in [-0.1, -0.05) is 0 Å². The van der Waals surface area contributed by atoms with Crippen molar-refractivity contribution in [2.75, 3.05) is 24.6 Å². The molecule has 0 saturated heterocycles. The molecule has 0 unspecified atom stereocenters. The van der Waals surface area contributed by atoms with E-state index >= 15 is 0 Å². The van der Waals surface area contributed by atoms with Crippen LogP contribution in [0.1, 0.15) is 16.8 Å². The third-order valence-corrected chi connectivity index (χ3v) is 2.28. The standard InChI is InChI=1S/C11H16N4O2/c1-14-10(16)4-5-15-9-6-7(11(13)17)2-3-8(9)12/h2-3,6,15H,4-5,12H2,1H3,(H2,13,17)(H,14,16). The molecule has 1 aromatic rings. The zero-order valence-corrected chi connectivity index (χ0v) is 9.62. The Hall–Kier alpha value is -2.24. The minimum atomic E-state index is -0.514. The highest BCUT2D eigenvalue weighted by molar-refractivity contribution is 5.94. The number of anilines is 2. The lowest BCUT2D eigenvalue weighted by atomic mass is 10.1. The van der Waals surface area contributed by atoms with E-state index in [-0.39, 0.29) is 5.91 Å². The smallest absolute Gasteiger partial charge is 0.248 e. The van der Waals surface area contributed by atoms with Crippen LogP contribution in [0.4, 0.5) is 11.4 Å². The summed E-state index contributed by atoms with van der Waals surface area (Å²) in [6, 6.07) is 4.73. The maximum absolute atomic E-state index is 11.0. The fourth-order valence-corrected chi connectivity index (χ4v) is 1.30. The summed E-state index contributed by atoms with van der Waals surface area (Å²) in [7, 11) is 1.57. The maximum atomic E-state index is 11.0. The lowest BCUT2D eigenvalue weighted by Crippen LogP contribution is -2.21. The van der Waals surface area contributed by atoms with Crippen molar-refractivity contribution >= 4 is 23.2 Å². The van der Waals surface area contributed by atoms with E-state index in [1.807, 2.05) is 0 Å². The van der Waals surface area contributed by atoms with Crippen molar-refractivity contribution in [2.45, 2.75) is 6.42 Å². The predicted molar refractivity (Wildman–Crippen MR) is 66.5 cm³/mol. The quantitative estimate of drug-likeness (QED) is 0.536. The molecular weight excluding hydrogens is 220 g/mol. The molecule has 0 spiro atoms. The van der Waals surface area contributed by atoms with Gasteiger partial charge in [0.15, 0.2) is 0 Å². The molecule has 0 aliphatic rings. The van der Waals surface area contributed by atoms with Crippen molar-refractivity contribution in [1.82, 2.24) is 5.32 Å². The first-order valence-corrected chi connectivity index (χ1v) is 5.18. The molecular formula is C11H16N4O2. The predicted octanol–water partition coefficient (Wildman–Crippen LogP) is -0.0843. The molecule has 0 aliphatic carbocycles. The normalized spacial score (nSPS) is 9.71. The highest BCUT2D eigenvalue weighted by Crippen LogP contribution is 2.19. The SMILES string of the molecule is CNC(=O)CCNc1cc(C(N)=O)ccc1N. The summed E-state index contributed by atoms with van der Waals surface area (Å²) in [5.74, 6) is -0.582. The Labute approximate surface area is 99.4 Å². The van der Waals surface area contributed by atoms with Crippen molar-refractivity contribution in [1.29, 1.82) is 0 Å². The summed E-state index contributed by atoms with van der Waals surface area (Å²) in [6.07, 6.45) is 0.330. The molecule has 0 fully saturated rings. The average Bonchev–Trinajstić information content (AvgIpc) is 2.30. The fraction of sp³-hybridized carbons (Fsp3) is 0.273. The number of primary amides is 1. The number of nitrogen functional groups attached to an aromatic ring is 1. The van der Waals surface area contributed by atoms with Gasteiger partial charge in [-0.3, -0.25) is 9.59 Å². The van der Waals surface area contributed by atoms with Crippen molar-refractivity contribution in [2.24, 2.45) is 5.73 Å². The number of rotatable bonds is 5. The van der Waals surface area contributed by atoms with Crippen LogP contribution in [0.2, 0.25) is 0 Å². The van der Waals surface area contributed by atoms with Gasteiger partial charge in [-0.15, -0.1) is 0 Å². The van der Waals surface area contributed by atoms with Crippen LogP contribution in [0, 0.1) is 0 Å². The molecule has 0 atom stereocenters. The number of nitrogens with two attached hydrogens (primary N) is 2. The van der Waals surface area contributed by atoms with Gasteiger partial charge in [0.25, 0.3) is 0 Å². The molecule has 92 valence electrons. The molecule has 0 aromatic heterocycles. The second-order valence-corrected chi connectivity index (χ2v) is 3.52. The lowest BCUT2D eigenvalue weighted by molar-refractivity contribution is -0.120. The molecule has 6 nitrogen and oxygen atoms in total. The van der Waals surface area contributed by atoms with Gasteiger partial charge in [-0.25, -0.2) is 0 Å². The minimum Gasteiger partial charge on any atom is -0.397 e. The Balaban J connectivity index is 2.66. The summed E-state index contributed by atoms with van der Waals surface area (Å²) >= 11 is 0. The Morgan fingerprint density at radius 2 is 2.06 bits per heavy atom. The van der Waals surface area contributed by atoms with Crippen LogP contribution in [0.3, 0.4) is 0 Å². The largest absolute Gasteiger partial charge is 0.397 e. The first-order chi connectivity index (χ1) is 8.04. The highest BCUT2D eigenvalue weighted by Gasteiger charge is 2.05.